The highest BCUT2D eigenvalue weighted by Gasteiger charge is 2.28. The first-order chi connectivity index (χ1) is 15.1. The fourth-order valence-electron chi connectivity index (χ4n) is 3.62. The lowest BCUT2D eigenvalue weighted by molar-refractivity contribution is 0.204. The van der Waals surface area contributed by atoms with Crippen LogP contribution in [-0.4, -0.2) is 30.7 Å². The number of imidazole rings is 1. The molecule has 4 rings (SSSR count). The zero-order chi connectivity index (χ0) is 23.0. The molecule has 2 aromatic carbocycles. The Balaban J connectivity index is 1.80. The van der Waals surface area contributed by atoms with Crippen molar-refractivity contribution in [2.24, 2.45) is 7.05 Å². The van der Waals surface area contributed by atoms with Gasteiger partial charge in [0.15, 0.2) is 0 Å². The first-order valence-electron chi connectivity index (χ1n) is 10.00. The molecule has 32 heavy (non-hydrogen) atoms. The van der Waals surface area contributed by atoms with E-state index in [0.29, 0.717) is 23.0 Å². The standard InChI is InChI=1S/C23H23ClN6O2/c1-23(2,3)15-7-5-6-8-17(15)30(22(31)32)21-27-16-13-14(9-10-18(16)29(21)4)26-19-11-12-25-20(24)28-19/h5-13H,1-4H3,(H,31,32)(H,25,26,28). The molecule has 0 unspecified atom stereocenters. The second-order valence-electron chi connectivity index (χ2n) is 8.40. The smallest absolute Gasteiger partial charge is 0.418 e. The van der Waals surface area contributed by atoms with E-state index in [-0.39, 0.29) is 10.7 Å². The summed E-state index contributed by atoms with van der Waals surface area (Å²) in [5.74, 6) is 0.859. The Morgan fingerprint density at radius 3 is 2.56 bits per heavy atom. The largest absolute Gasteiger partial charge is 0.464 e. The molecule has 0 aliphatic carbocycles. The van der Waals surface area contributed by atoms with Gasteiger partial charge in [0.25, 0.3) is 0 Å². The lowest BCUT2D eigenvalue weighted by Gasteiger charge is -2.27. The summed E-state index contributed by atoms with van der Waals surface area (Å²) in [7, 11) is 1.80. The molecule has 0 aliphatic rings. The van der Waals surface area contributed by atoms with Crippen LogP contribution in [0.15, 0.2) is 54.7 Å². The highest BCUT2D eigenvalue weighted by Crippen LogP contribution is 2.36. The molecule has 4 aromatic rings. The van der Waals surface area contributed by atoms with Gasteiger partial charge < -0.3 is 15.0 Å². The maximum absolute atomic E-state index is 12.4. The number of amides is 1. The van der Waals surface area contributed by atoms with Gasteiger partial charge in [-0.25, -0.2) is 24.6 Å². The van der Waals surface area contributed by atoms with E-state index in [2.05, 4.69) is 41.0 Å². The minimum Gasteiger partial charge on any atom is -0.464 e. The summed E-state index contributed by atoms with van der Waals surface area (Å²) in [6.45, 7) is 6.16. The third kappa shape index (κ3) is 4.09. The molecule has 164 valence electrons. The van der Waals surface area contributed by atoms with Gasteiger partial charge in [0.2, 0.25) is 11.2 Å². The van der Waals surface area contributed by atoms with Gasteiger partial charge in [0.1, 0.15) is 5.82 Å². The zero-order valence-electron chi connectivity index (χ0n) is 18.2. The van der Waals surface area contributed by atoms with Crippen LogP contribution in [0.25, 0.3) is 11.0 Å². The van der Waals surface area contributed by atoms with Gasteiger partial charge in [0, 0.05) is 18.9 Å². The van der Waals surface area contributed by atoms with Gasteiger partial charge in [-0.2, -0.15) is 0 Å². The molecule has 8 nitrogen and oxygen atoms in total. The van der Waals surface area contributed by atoms with Crippen molar-refractivity contribution >= 4 is 51.9 Å². The van der Waals surface area contributed by atoms with Gasteiger partial charge in [-0.3, -0.25) is 0 Å². The Kier molecular flexibility index (Phi) is 5.48. The topological polar surface area (TPSA) is 96.2 Å². The number of anilines is 4. The van der Waals surface area contributed by atoms with E-state index in [9.17, 15) is 9.90 Å². The summed E-state index contributed by atoms with van der Waals surface area (Å²) in [6, 6.07) is 14.8. The summed E-state index contributed by atoms with van der Waals surface area (Å²) in [5.41, 5.74) is 3.44. The van der Waals surface area contributed by atoms with Gasteiger partial charge in [-0.05, 0) is 52.9 Å². The first-order valence-corrected chi connectivity index (χ1v) is 10.4. The van der Waals surface area contributed by atoms with E-state index in [1.54, 1.807) is 29.9 Å². The monoisotopic (exact) mass is 450 g/mol. The summed E-state index contributed by atoms with van der Waals surface area (Å²) >= 11 is 5.86. The van der Waals surface area contributed by atoms with Crippen molar-refractivity contribution < 1.29 is 9.90 Å². The number of nitrogens with zero attached hydrogens (tertiary/aromatic N) is 5. The molecule has 0 radical (unpaired) electrons. The van der Waals surface area contributed by atoms with Crippen molar-refractivity contribution in [3.05, 3.63) is 65.6 Å². The fourth-order valence-corrected chi connectivity index (χ4v) is 3.76. The number of para-hydroxylation sites is 1. The van der Waals surface area contributed by atoms with E-state index < -0.39 is 6.09 Å². The average molecular weight is 451 g/mol. The molecule has 0 saturated carbocycles. The number of fused-ring (bicyclic) bond motifs is 1. The predicted molar refractivity (Wildman–Crippen MR) is 126 cm³/mol. The van der Waals surface area contributed by atoms with Crippen LogP contribution >= 0.6 is 11.6 Å². The van der Waals surface area contributed by atoms with Crippen LogP contribution in [0, 0.1) is 0 Å². The second kappa shape index (κ2) is 8.12. The average Bonchev–Trinajstić information content (AvgIpc) is 3.03. The number of hydrogen-bond donors (Lipinski definition) is 2. The summed E-state index contributed by atoms with van der Waals surface area (Å²) < 4.78 is 1.77. The number of halogens is 1. The lowest BCUT2D eigenvalue weighted by atomic mass is 9.85. The van der Waals surface area contributed by atoms with Crippen LogP contribution in [-0.2, 0) is 12.5 Å². The Labute approximate surface area is 190 Å². The third-order valence-corrected chi connectivity index (χ3v) is 5.28. The van der Waals surface area contributed by atoms with Crippen LogP contribution in [0.5, 0.6) is 0 Å². The van der Waals surface area contributed by atoms with Crippen LogP contribution < -0.4 is 10.2 Å². The lowest BCUT2D eigenvalue weighted by Crippen LogP contribution is -2.29. The van der Waals surface area contributed by atoms with E-state index >= 15 is 0 Å². The van der Waals surface area contributed by atoms with Gasteiger partial charge in [-0.15, -0.1) is 0 Å². The highest BCUT2D eigenvalue weighted by atomic mass is 35.5. The van der Waals surface area contributed by atoms with Crippen molar-refractivity contribution in [2.75, 3.05) is 10.2 Å². The summed E-state index contributed by atoms with van der Waals surface area (Å²) in [6.07, 6.45) is 0.459. The maximum atomic E-state index is 12.4. The van der Waals surface area contributed by atoms with E-state index in [1.165, 1.54) is 4.90 Å². The number of aryl methyl sites for hydroxylation is 1. The molecule has 0 aliphatic heterocycles. The Hall–Kier alpha value is -3.65. The molecule has 0 fully saturated rings. The zero-order valence-corrected chi connectivity index (χ0v) is 18.9. The van der Waals surface area contributed by atoms with Gasteiger partial charge in [0.05, 0.1) is 16.7 Å². The molecule has 0 saturated heterocycles. The van der Waals surface area contributed by atoms with Gasteiger partial charge in [-0.1, -0.05) is 39.0 Å². The van der Waals surface area contributed by atoms with E-state index in [1.807, 2.05) is 36.4 Å². The number of benzene rings is 2. The molecular formula is C23H23ClN6O2. The molecular weight excluding hydrogens is 428 g/mol. The van der Waals surface area contributed by atoms with Crippen LogP contribution in [0.4, 0.5) is 27.9 Å². The Morgan fingerprint density at radius 2 is 1.88 bits per heavy atom. The summed E-state index contributed by atoms with van der Waals surface area (Å²) in [4.78, 5) is 26.3. The van der Waals surface area contributed by atoms with Crippen LogP contribution in [0.2, 0.25) is 5.28 Å². The fraction of sp³-hybridized carbons (Fsp3) is 0.217. The predicted octanol–water partition coefficient (Wildman–Crippen LogP) is 5.87. The van der Waals surface area contributed by atoms with Crippen LogP contribution in [0.3, 0.4) is 0 Å². The summed E-state index contributed by atoms with van der Waals surface area (Å²) in [5, 5.41) is 13.4. The number of hydrogen-bond acceptors (Lipinski definition) is 5. The number of nitrogens with one attached hydrogen (secondary N) is 1. The second-order valence-corrected chi connectivity index (χ2v) is 8.73. The van der Waals surface area contributed by atoms with Gasteiger partial charge >= 0.3 is 6.09 Å². The first kappa shape index (κ1) is 21.6. The van der Waals surface area contributed by atoms with Crippen molar-refractivity contribution in [3.8, 4) is 0 Å². The molecule has 0 bridgehead atoms. The molecule has 2 heterocycles. The third-order valence-electron chi connectivity index (χ3n) is 5.10. The molecule has 9 heteroatoms. The number of carboxylic acid groups (broad SMARTS) is 1. The molecule has 2 aromatic heterocycles. The van der Waals surface area contributed by atoms with Crippen molar-refractivity contribution in [2.45, 2.75) is 26.2 Å². The number of carbonyl (C=O) groups is 1. The maximum Gasteiger partial charge on any atom is 0.418 e. The van der Waals surface area contributed by atoms with Crippen molar-refractivity contribution in [3.63, 3.8) is 0 Å². The van der Waals surface area contributed by atoms with Crippen LogP contribution in [0.1, 0.15) is 26.3 Å². The minimum absolute atomic E-state index is 0.144. The normalized spacial score (nSPS) is 11.5. The molecule has 2 N–H and O–H groups in total. The van der Waals surface area contributed by atoms with E-state index in [4.69, 9.17) is 11.6 Å². The highest BCUT2D eigenvalue weighted by molar-refractivity contribution is 6.28. The Morgan fingerprint density at radius 1 is 1.12 bits per heavy atom. The number of aromatic nitrogens is 4. The minimum atomic E-state index is -1.10. The SMILES string of the molecule is Cn1c(N(C(=O)O)c2ccccc2C(C)(C)C)nc2cc(Nc3ccnc(Cl)n3)ccc21. The molecule has 0 spiro atoms. The molecule has 0 atom stereocenters. The Bertz CT molecular complexity index is 1310. The number of rotatable bonds is 4. The van der Waals surface area contributed by atoms with Crippen molar-refractivity contribution in [1.29, 1.82) is 0 Å². The molecule has 1 amide bonds. The van der Waals surface area contributed by atoms with E-state index in [0.717, 1.165) is 16.8 Å². The quantitative estimate of drug-likeness (QED) is 0.377. The van der Waals surface area contributed by atoms with Crippen molar-refractivity contribution in [1.82, 2.24) is 19.5 Å².